The normalized spacial score (nSPS) is 14.7. The number of hydrogen-bond donors (Lipinski definition) is 7. The highest BCUT2D eigenvalue weighted by atomic mass is 16.5. The van der Waals surface area contributed by atoms with Gasteiger partial charge >= 0.3 is 12.1 Å². The fourth-order valence-corrected chi connectivity index (χ4v) is 9.74. The van der Waals surface area contributed by atoms with Gasteiger partial charge in [-0.3, -0.25) is 34.1 Å². The first-order valence-corrected chi connectivity index (χ1v) is 28.0. The largest absolute Gasteiger partial charge is 0.478 e. The summed E-state index contributed by atoms with van der Waals surface area (Å²) in [5, 5.41) is 26.7. The van der Waals surface area contributed by atoms with Gasteiger partial charge in [0, 0.05) is 42.3 Å². The number of unbranched alkanes of at least 4 members (excludes halogenated alkanes) is 1. The minimum atomic E-state index is -1.08. The maximum absolute atomic E-state index is 14.2. The summed E-state index contributed by atoms with van der Waals surface area (Å²) in [6.45, 7) is 20.0. The van der Waals surface area contributed by atoms with Gasteiger partial charge in [-0.1, -0.05) is 147 Å². The van der Waals surface area contributed by atoms with Crippen molar-refractivity contribution < 1.29 is 48.2 Å². The van der Waals surface area contributed by atoms with Crippen LogP contribution in [-0.2, 0) is 56.9 Å². The number of nitrogens with zero attached hydrogens (tertiary/aromatic N) is 2. The van der Waals surface area contributed by atoms with Gasteiger partial charge in [0.25, 0.3) is 0 Å². The summed E-state index contributed by atoms with van der Waals surface area (Å²) >= 11 is 0. The standard InChI is InChI=1S/C64H84N8O10/c1-39(2)51(35-41(5)61(79)80)71(13)60(78)56(63(7,8)9)70-59(77)55(65-12)64(10,11)47-24-20-25-49(36-47)68-62(81)82-38-43-29-33-48(34-30-43)67-57(75)42(6)66-58(76)54(40(3)4)69-52(73)27-18-19-28-53(74)72-37-46-23-15-14-21-44(46)31-32-45-22-16-17-26-50(45)72/h14-17,20-26,29-36,39-40,42,51,54-56,65H,18-19,27-28,37-38H2,1-13H3,(H,66,76)(H,67,75)(H,68,81)(H,69,73)(H,70,77)(H,79,80)/b32-31-,41-35+/t42-,51+,54-,55+,56+/m0/s1. The molecule has 82 heavy (non-hydrogen) atoms. The molecule has 18 nitrogen and oxygen atoms in total. The predicted octanol–water partition coefficient (Wildman–Crippen LogP) is 9.21. The van der Waals surface area contributed by atoms with Crippen LogP contribution in [0.2, 0.25) is 0 Å². The van der Waals surface area contributed by atoms with Crippen molar-refractivity contribution in [2.75, 3.05) is 29.6 Å². The quantitative estimate of drug-likeness (QED) is 0.0258. The number of benzene rings is 4. The molecule has 5 atom stereocenters. The zero-order chi connectivity index (χ0) is 60.6. The number of hydrogen-bond acceptors (Lipinski definition) is 10. The number of para-hydroxylation sites is 1. The molecule has 0 aromatic heterocycles. The van der Waals surface area contributed by atoms with E-state index in [9.17, 15) is 43.5 Å². The van der Waals surface area contributed by atoms with Gasteiger partial charge in [0.2, 0.25) is 35.4 Å². The predicted molar refractivity (Wildman–Crippen MR) is 321 cm³/mol. The van der Waals surface area contributed by atoms with Gasteiger partial charge < -0.3 is 46.2 Å². The number of nitrogens with one attached hydrogen (secondary N) is 6. The summed E-state index contributed by atoms with van der Waals surface area (Å²) in [6.07, 6.45) is 6.18. The molecule has 4 aromatic carbocycles. The summed E-state index contributed by atoms with van der Waals surface area (Å²) in [7, 11) is 3.26. The first-order valence-electron chi connectivity index (χ1n) is 28.0. The van der Waals surface area contributed by atoms with Gasteiger partial charge in [0.1, 0.15) is 24.7 Å². The topological polar surface area (TPSA) is 245 Å². The van der Waals surface area contributed by atoms with Gasteiger partial charge in [0.05, 0.1) is 24.3 Å². The smallest absolute Gasteiger partial charge is 0.411 e. The van der Waals surface area contributed by atoms with Crippen LogP contribution in [0, 0.1) is 17.3 Å². The zero-order valence-electron chi connectivity index (χ0n) is 49.8. The Morgan fingerprint density at radius 1 is 0.695 bits per heavy atom. The SMILES string of the molecule is CN[C@H](C(=O)N[C@H](C(=O)N(C)[C@H](/C=C(\C)C(=O)O)C(C)C)C(C)(C)C)C(C)(C)c1cccc(NC(=O)OCc2ccc(NC(=O)[C@H](C)NC(=O)[C@@H](NC(=O)CCCCC(=O)N3Cc4ccccc4/C=C\c4ccccc43)C(C)C)cc2)c1. The van der Waals surface area contributed by atoms with Gasteiger partial charge in [-0.25, -0.2) is 9.59 Å². The lowest BCUT2D eigenvalue weighted by molar-refractivity contribution is -0.141. The van der Waals surface area contributed by atoms with Crippen LogP contribution in [0.15, 0.2) is 109 Å². The van der Waals surface area contributed by atoms with E-state index in [1.807, 2.05) is 109 Å². The summed E-state index contributed by atoms with van der Waals surface area (Å²) < 4.78 is 5.53. The van der Waals surface area contributed by atoms with Crippen LogP contribution in [0.3, 0.4) is 0 Å². The fraction of sp³-hybridized carbons (Fsp3) is 0.438. The Hall–Kier alpha value is -8.12. The van der Waals surface area contributed by atoms with E-state index in [4.69, 9.17) is 4.74 Å². The highest BCUT2D eigenvalue weighted by molar-refractivity contribution is 5.99. The second-order valence-corrected chi connectivity index (χ2v) is 23.4. The van der Waals surface area contributed by atoms with Crippen molar-refractivity contribution in [1.82, 2.24) is 26.2 Å². The number of anilines is 3. The molecule has 5 rings (SSSR count). The van der Waals surface area contributed by atoms with Crippen LogP contribution in [0.1, 0.15) is 130 Å². The molecule has 0 spiro atoms. The Labute approximate surface area is 483 Å². The fourth-order valence-electron chi connectivity index (χ4n) is 9.74. The van der Waals surface area contributed by atoms with Crippen LogP contribution >= 0.6 is 0 Å². The number of rotatable bonds is 24. The molecule has 440 valence electrons. The van der Waals surface area contributed by atoms with E-state index < -0.39 is 70.8 Å². The molecule has 1 aliphatic heterocycles. The van der Waals surface area contributed by atoms with Gasteiger partial charge in [-0.05, 0) is 109 Å². The van der Waals surface area contributed by atoms with Crippen LogP contribution in [0.25, 0.3) is 12.2 Å². The molecule has 18 heteroatoms. The van der Waals surface area contributed by atoms with Crippen molar-refractivity contribution in [2.45, 2.75) is 151 Å². The monoisotopic (exact) mass is 1120 g/mol. The highest BCUT2D eigenvalue weighted by Crippen LogP contribution is 2.32. The molecule has 0 radical (unpaired) electrons. The third kappa shape index (κ3) is 17.7. The second-order valence-electron chi connectivity index (χ2n) is 23.4. The summed E-state index contributed by atoms with van der Waals surface area (Å²) in [5.74, 6) is -3.65. The molecular formula is C64H84N8O10. The van der Waals surface area contributed by atoms with Crippen molar-refractivity contribution in [1.29, 1.82) is 0 Å². The van der Waals surface area contributed by atoms with E-state index in [0.29, 0.717) is 41.9 Å². The second kappa shape index (κ2) is 29.0. The number of amides is 7. The van der Waals surface area contributed by atoms with Gasteiger partial charge in [-0.15, -0.1) is 0 Å². The third-order valence-corrected chi connectivity index (χ3v) is 14.8. The lowest BCUT2D eigenvalue weighted by Gasteiger charge is -2.40. The summed E-state index contributed by atoms with van der Waals surface area (Å²) in [5.41, 5.74) is 4.56. The van der Waals surface area contributed by atoms with E-state index in [0.717, 1.165) is 22.4 Å². The summed E-state index contributed by atoms with van der Waals surface area (Å²) in [4.78, 5) is 110. The third-order valence-electron chi connectivity index (χ3n) is 14.8. The number of carbonyl (C=O) groups is 8. The van der Waals surface area contributed by atoms with Crippen molar-refractivity contribution in [2.24, 2.45) is 17.3 Å². The number of carboxylic acid groups (broad SMARTS) is 1. The molecule has 0 aliphatic carbocycles. The van der Waals surface area contributed by atoms with Crippen molar-refractivity contribution in [3.8, 4) is 0 Å². The molecule has 0 fully saturated rings. The van der Waals surface area contributed by atoms with Crippen molar-refractivity contribution in [3.05, 3.63) is 137 Å². The molecule has 0 saturated heterocycles. The molecule has 0 bridgehead atoms. The van der Waals surface area contributed by atoms with Gasteiger partial charge in [0.15, 0.2) is 0 Å². The van der Waals surface area contributed by atoms with E-state index in [1.165, 1.54) is 11.8 Å². The van der Waals surface area contributed by atoms with E-state index in [2.05, 4.69) is 38.0 Å². The van der Waals surface area contributed by atoms with Crippen molar-refractivity contribution in [3.63, 3.8) is 0 Å². The Balaban J connectivity index is 1.08. The Kier molecular flexibility index (Phi) is 22.9. The Morgan fingerprint density at radius 2 is 1.33 bits per heavy atom. The molecule has 4 aromatic rings. The summed E-state index contributed by atoms with van der Waals surface area (Å²) in [6, 6.07) is 25.2. The van der Waals surface area contributed by atoms with Crippen LogP contribution in [0.5, 0.6) is 0 Å². The van der Waals surface area contributed by atoms with Gasteiger partial charge in [-0.2, -0.15) is 0 Å². The first kappa shape index (κ1) is 64.7. The molecular weight excluding hydrogens is 1040 g/mol. The maximum Gasteiger partial charge on any atom is 0.411 e. The molecule has 7 amide bonds. The van der Waals surface area contributed by atoms with E-state index in [1.54, 1.807) is 88.3 Å². The van der Waals surface area contributed by atoms with Crippen LogP contribution in [-0.4, -0.2) is 102 Å². The lowest BCUT2D eigenvalue weighted by Crippen LogP contribution is -2.61. The molecule has 7 N–H and O–H groups in total. The van der Waals surface area contributed by atoms with E-state index in [-0.39, 0.29) is 54.6 Å². The Morgan fingerprint density at radius 3 is 1.96 bits per heavy atom. The molecule has 1 aliphatic rings. The van der Waals surface area contributed by atoms with E-state index >= 15 is 0 Å². The van der Waals surface area contributed by atoms with Crippen molar-refractivity contribution >= 4 is 76.7 Å². The average molecular weight is 1130 g/mol. The average Bonchev–Trinajstić information content (AvgIpc) is 3.49. The maximum atomic E-state index is 14.2. The van der Waals surface area contributed by atoms with Crippen LogP contribution in [0.4, 0.5) is 21.9 Å². The molecule has 0 unspecified atom stereocenters. The molecule has 1 heterocycles. The number of likely N-dealkylation sites (N-methyl/N-ethyl adjacent to an activating group) is 2. The number of carbonyl (C=O) groups excluding carboxylic acids is 7. The number of carboxylic acids is 1. The highest BCUT2D eigenvalue weighted by Gasteiger charge is 2.42. The first-order chi connectivity index (χ1) is 38.6. The zero-order valence-corrected chi connectivity index (χ0v) is 49.8. The number of aliphatic carboxylic acids is 1. The lowest BCUT2D eigenvalue weighted by atomic mass is 9.76. The Bertz CT molecular complexity index is 3000. The number of ether oxygens (including phenoxy) is 1. The molecule has 0 saturated carbocycles. The number of fused-ring (bicyclic) bond motifs is 2. The minimum Gasteiger partial charge on any atom is -0.478 e. The van der Waals surface area contributed by atoms with Crippen LogP contribution < -0.4 is 36.8 Å². The minimum absolute atomic E-state index is 0.0433.